The number of rotatable bonds is 5. The minimum absolute atomic E-state index is 0.267. The molecule has 2 N–H and O–H groups in total. The second-order valence-corrected chi connectivity index (χ2v) is 5.00. The van der Waals surface area contributed by atoms with E-state index in [2.05, 4.69) is 14.9 Å². The highest BCUT2D eigenvalue weighted by Crippen LogP contribution is 2.31. The Hall–Kier alpha value is -1.95. The minimum Gasteiger partial charge on any atom is -0.467 e. The predicted molar refractivity (Wildman–Crippen MR) is 75.8 cm³/mol. The van der Waals surface area contributed by atoms with E-state index in [0.29, 0.717) is 18.3 Å². The van der Waals surface area contributed by atoms with Gasteiger partial charge in [-0.1, -0.05) is 12.2 Å². The van der Waals surface area contributed by atoms with Gasteiger partial charge in [-0.25, -0.2) is 9.97 Å². The molecule has 0 atom stereocenters. The maximum Gasteiger partial charge on any atom is 0.147 e. The fraction of sp³-hybridized carbons (Fsp3) is 0.308. The molecule has 1 aliphatic carbocycles. The third-order valence-corrected chi connectivity index (χ3v) is 3.29. The minimum atomic E-state index is 0.267. The first-order valence-corrected chi connectivity index (χ1v) is 6.56. The molecule has 0 amide bonds. The van der Waals surface area contributed by atoms with Crippen molar-refractivity contribution in [2.75, 3.05) is 4.90 Å². The van der Waals surface area contributed by atoms with Crippen LogP contribution in [0, 0.1) is 0 Å². The third-order valence-electron chi connectivity index (χ3n) is 3.08. The van der Waals surface area contributed by atoms with Crippen LogP contribution in [0.5, 0.6) is 0 Å². The van der Waals surface area contributed by atoms with Crippen LogP contribution in [0.1, 0.15) is 24.3 Å². The summed E-state index contributed by atoms with van der Waals surface area (Å²) in [4.78, 5) is 11.1. The van der Waals surface area contributed by atoms with Crippen LogP contribution in [-0.4, -0.2) is 21.0 Å². The van der Waals surface area contributed by atoms with Gasteiger partial charge in [0.2, 0.25) is 0 Å². The highest BCUT2D eigenvalue weighted by molar-refractivity contribution is 7.80. The van der Waals surface area contributed by atoms with Crippen molar-refractivity contribution in [3.63, 3.8) is 0 Å². The number of thiocarbonyl (C=S) groups is 1. The smallest absolute Gasteiger partial charge is 0.147 e. The normalized spacial score (nSPS) is 14.3. The number of hydrogen-bond acceptors (Lipinski definition) is 5. The molecule has 19 heavy (non-hydrogen) atoms. The molecule has 2 aromatic rings. The summed E-state index contributed by atoms with van der Waals surface area (Å²) in [6.45, 7) is 0.707. The SMILES string of the molecule is NC(=S)c1cnc(N(Cc2ccco2)C2CC2)cn1. The van der Waals surface area contributed by atoms with Crippen molar-refractivity contribution in [2.24, 2.45) is 5.73 Å². The molecule has 0 radical (unpaired) electrons. The average molecular weight is 274 g/mol. The van der Waals surface area contributed by atoms with Crippen molar-refractivity contribution in [3.8, 4) is 0 Å². The average Bonchev–Trinajstić information content (AvgIpc) is 3.13. The van der Waals surface area contributed by atoms with E-state index in [4.69, 9.17) is 22.4 Å². The fourth-order valence-corrected chi connectivity index (χ4v) is 2.06. The van der Waals surface area contributed by atoms with Gasteiger partial charge in [0.05, 0.1) is 25.2 Å². The van der Waals surface area contributed by atoms with Gasteiger partial charge in [0, 0.05) is 6.04 Å². The standard InChI is InChI=1S/C13H14N4OS/c14-13(19)11-6-16-12(7-15-11)17(9-3-4-9)8-10-2-1-5-18-10/h1-2,5-7,9H,3-4,8H2,(H2,14,19). The Kier molecular flexibility index (Phi) is 3.16. The van der Waals surface area contributed by atoms with Gasteiger partial charge >= 0.3 is 0 Å². The van der Waals surface area contributed by atoms with Gasteiger partial charge in [0.1, 0.15) is 22.3 Å². The van der Waals surface area contributed by atoms with Crippen LogP contribution >= 0.6 is 12.2 Å². The number of furan rings is 1. The molecule has 5 nitrogen and oxygen atoms in total. The fourth-order valence-electron chi connectivity index (χ4n) is 1.95. The van der Waals surface area contributed by atoms with Crippen LogP contribution in [0.2, 0.25) is 0 Å². The lowest BCUT2D eigenvalue weighted by Gasteiger charge is -2.21. The topological polar surface area (TPSA) is 68.2 Å². The Morgan fingerprint density at radius 1 is 1.42 bits per heavy atom. The van der Waals surface area contributed by atoms with Crippen LogP contribution in [-0.2, 0) is 6.54 Å². The van der Waals surface area contributed by atoms with Crippen molar-refractivity contribution in [1.29, 1.82) is 0 Å². The Labute approximate surface area is 116 Å². The first-order chi connectivity index (χ1) is 9.24. The molecule has 2 aromatic heterocycles. The van der Waals surface area contributed by atoms with Gasteiger partial charge in [-0.3, -0.25) is 0 Å². The molecule has 1 aliphatic rings. The molecule has 98 valence electrons. The second kappa shape index (κ2) is 4.97. The Morgan fingerprint density at radius 3 is 2.79 bits per heavy atom. The summed E-state index contributed by atoms with van der Waals surface area (Å²) in [6.07, 6.45) is 7.38. The Balaban J connectivity index is 1.81. The highest BCUT2D eigenvalue weighted by Gasteiger charge is 2.30. The lowest BCUT2D eigenvalue weighted by Crippen LogP contribution is -2.26. The molecule has 0 bridgehead atoms. The van der Waals surface area contributed by atoms with Crippen molar-refractivity contribution < 1.29 is 4.42 Å². The van der Waals surface area contributed by atoms with E-state index < -0.39 is 0 Å². The molecule has 0 aliphatic heterocycles. The number of nitrogens with zero attached hydrogens (tertiary/aromatic N) is 3. The molecular formula is C13H14N4OS. The summed E-state index contributed by atoms with van der Waals surface area (Å²) in [5, 5.41) is 0. The van der Waals surface area contributed by atoms with Crippen LogP contribution in [0.25, 0.3) is 0 Å². The molecule has 1 fully saturated rings. The molecular weight excluding hydrogens is 260 g/mol. The molecule has 6 heteroatoms. The Morgan fingerprint density at radius 2 is 2.26 bits per heavy atom. The van der Waals surface area contributed by atoms with Crippen LogP contribution in [0.4, 0.5) is 5.82 Å². The van der Waals surface area contributed by atoms with E-state index >= 15 is 0 Å². The van der Waals surface area contributed by atoms with E-state index in [0.717, 1.165) is 11.6 Å². The zero-order valence-corrected chi connectivity index (χ0v) is 11.1. The van der Waals surface area contributed by atoms with E-state index in [1.165, 1.54) is 12.8 Å². The third kappa shape index (κ3) is 2.73. The molecule has 3 rings (SSSR count). The molecule has 2 heterocycles. The maximum absolute atomic E-state index is 5.52. The first-order valence-electron chi connectivity index (χ1n) is 6.15. The molecule has 0 unspecified atom stereocenters. The van der Waals surface area contributed by atoms with Gasteiger partial charge in [-0.05, 0) is 25.0 Å². The van der Waals surface area contributed by atoms with Gasteiger partial charge in [0.25, 0.3) is 0 Å². The molecule has 0 saturated heterocycles. The van der Waals surface area contributed by atoms with Crippen molar-refractivity contribution in [2.45, 2.75) is 25.4 Å². The largest absolute Gasteiger partial charge is 0.467 e. The van der Waals surface area contributed by atoms with Crippen LogP contribution in [0.15, 0.2) is 35.2 Å². The van der Waals surface area contributed by atoms with Crippen LogP contribution in [0.3, 0.4) is 0 Å². The van der Waals surface area contributed by atoms with Crippen molar-refractivity contribution >= 4 is 23.0 Å². The molecule has 1 saturated carbocycles. The lowest BCUT2D eigenvalue weighted by molar-refractivity contribution is 0.500. The Bertz CT molecular complexity index is 563. The lowest BCUT2D eigenvalue weighted by atomic mass is 10.3. The van der Waals surface area contributed by atoms with E-state index in [1.807, 2.05) is 12.1 Å². The number of aromatic nitrogens is 2. The first kappa shape index (κ1) is 12.1. The van der Waals surface area contributed by atoms with E-state index in [9.17, 15) is 0 Å². The van der Waals surface area contributed by atoms with E-state index in [-0.39, 0.29) is 4.99 Å². The summed E-state index contributed by atoms with van der Waals surface area (Å²) in [6, 6.07) is 4.38. The summed E-state index contributed by atoms with van der Waals surface area (Å²) in [5.41, 5.74) is 6.07. The number of hydrogen-bond donors (Lipinski definition) is 1. The second-order valence-electron chi connectivity index (χ2n) is 4.56. The van der Waals surface area contributed by atoms with Gasteiger partial charge in [-0.15, -0.1) is 0 Å². The van der Waals surface area contributed by atoms with E-state index in [1.54, 1.807) is 18.7 Å². The van der Waals surface area contributed by atoms with Gasteiger partial charge in [-0.2, -0.15) is 0 Å². The quantitative estimate of drug-likeness (QED) is 0.840. The monoisotopic (exact) mass is 274 g/mol. The number of nitrogens with two attached hydrogens (primary N) is 1. The van der Waals surface area contributed by atoms with Crippen LogP contribution < -0.4 is 10.6 Å². The summed E-state index contributed by atoms with van der Waals surface area (Å²) < 4.78 is 5.39. The van der Waals surface area contributed by atoms with Gasteiger partial charge in [0.15, 0.2) is 0 Å². The summed E-state index contributed by atoms with van der Waals surface area (Å²) in [7, 11) is 0. The predicted octanol–water partition coefficient (Wildman–Crippen LogP) is 1.87. The molecule has 0 aromatic carbocycles. The zero-order chi connectivity index (χ0) is 13.2. The maximum atomic E-state index is 5.52. The summed E-state index contributed by atoms with van der Waals surface area (Å²) in [5.74, 6) is 1.76. The van der Waals surface area contributed by atoms with Gasteiger partial charge < -0.3 is 15.1 Å². The zero-order valence-electron chi connectivity index (χ0n) is 10.3. The van der Waals surface area contributed by atoms with Crippen molar-refractivity contribution in [3.05, 3.63) is 42.2 Å². The summed E-state index contributed by atoms with van der Waals surface area (Å²) >= 11 is 4.87. The highest BCUT2D eigenvalue weighted by atomic mass is 32.1. The number of anilines is 1. The van der Waals surface area contributed by atoms with Crippen molar-refractivity contribution in [1.82, 2.24) is 9.97 Å². The molecule has 0 spiro atoms.